The van der Waals surface area contributed by atoms with Crippen LogP contribution >= 0.6 is 0 Å². The summed E-state index contributed by atoms with van der Waals surface area (Å²) in [5, 5.41) is 8.15. The second-order valence-corrected chi connectivity index (χ2v) is 6.46. The largest absolute Gasteiger partial charge is 0.354 e. The minimum absolute atomic E-state index is 0.0671. The predicted molar refractivity (Wildman–Crippen MR) is 95.2 cm³/mol. The van der Waals surface area contributed by atoms with Gasteiger partial charge in [0.15, 0.2) is 0 Å². The van der Waals surface area contributed by atoms with Crippen molar-refractivity contribution in [1.29, 1.82) is 0 Å². The number of pyridine rings is 1. The van der Waals surface area contributed by atoms with Crippen molar-refractivity contribution in [2.75, 3.05) is 45.2 Å². The van der Waals surface area contributed by atoms with Gasteiger partial charge in [-0.05, 0) is 24.7 Å². The molecule has 1 fully saturated rings. The second kappa shape index (κ2) is 7.60. The van der Waals surface area contributed by atoms with E-state index in [0.29, 0.717) is 25.1 Å². The average molecular weight is 344 g/mol. The summed E-state index contributed by atoms with van der Waals surface area (Å²) in [6, 6.07) is 3.92. The SMILES string of the molecule is CN1CCN(c2cc(CNC(=O)C3=NN(C)C(=O)CC3)ccn2)CC1. The fourth-order valence-corrected chi connectivity index (χ4v) is 2.90. The number of amides is 2. The first kappa shape index (κ1) is 17.3. The quantitative estimate of drug-likeness (QED) is 0.835. The Morgan fingerprint density at radius 1 is 1.20 bits per heavy atom. The second-order valence-electron chi connectivity index (χ2n) is 6.46. The van der Waals surface area contributed by atoms with E-state index in [1.54, 1.807) is 13.2 Å². The molecule has 2 amide bonds. The number of hydrazone groups is 1. The molecule has 0 aromatic carbocycles. The Balaban J connectivity index is 1.58. The van der Waals surface area contributed by atoms with E-state index in [0.717, 1.165) is 37.6 Å². The Morgan fingerprint density at radius 3 is 2.68 bits per heavy atom. The van der Waals surface area contributed by atoms with Crippen LogP contribution < -0.4 is 10.2 Å². The Bertz CT molecular complexity index is 681. The van der Waals surface area contributed by atoms with Gasteiger partial charge >= 0.3 is 0 Å². The van der Waals surface area contributed by atoms with Gasteiger partial charge in [-0.3, -0.25) is 9.59 Å². The van der Waals surface area contributed by atoms with Gasteiger partial charge in [0.2, 0.25) is 5.91 Å². The van der Waals surface area contributed by atoms with Crippen molar-refractivity contribution in [2.24, 2.45) is 5.10 Å². The summed E-state index contributed by atoms with van der Waals surface area (Å²) in [4.78, 5) is 32.7. The highest BCUT2D eigenvalue weighted by molar-refractivity contribution is 6.39. The molecule has 1 saturated heterocycles. The van der Waals surface area contributed by atoms with E-state index < -0.39 is 0 Å². The number of hydrogen-bond acceptors (Lipinski definition) is 6. The van der Waals surface area contributed by atoms with Crippen molar-refractivity contribution in [3.05, 3.63) is 23.9 Å². The maximum absolute atomic E-state index is 12.2. The van der Waals surface area contributed by atoms with Crippen molar-refractivity contribution in [3.63, 3.8) is 0 Å². The number of hydrogen-bond donors (Lipinski definition) is 1. The van der Waals surface area contributed by atoms with Gasteiger partial charge in [0.25, 0.3) is 5.91 Å². The summed E-state index contributed by atoms with van der Waals surface area (Å²) in [6.07, 6.45) is 2.49. The molecule has 0 bridgehead atoms. The van der Waals surface area contributed by atoms with E-state index in [4.69, 9.17) is 0 Å². The van der Waals surface area contributed by atoms with Crippen molar-refractivity contribution >= 4 is 23.3 Å². The maximum atomic E-state index is 12.2. The molecule has 0 unspecified atom stereocenters. The first-order valence-electron chi connectivity index (χ1n) is 8.53. The number of nitrogens with one attached hydrogen (secondary N) is 1. The summed E-state index contributed by atoms with van der Waals surface area (Å²) < 4.78 is 0. The minimum atomic E-state index is -0.225. The highest BCUT2D eigenvalue weighted by Gasteiger charge is 2.22. The zero-order valence-corrected chi connectivity index (χ0v) is 14.7. The molecule has 3 heterocycles. The molecular formula is C17H24N6O2. The molecule has 0 aliphatic carbocycles. The van der Waals surface area contributed by atoms with Crippen LogP contribution in [0.5, 0.6) is 0 Å². The van der Waals surface area contributed by atoms with E-state index in [-0.39, 0.29) is 11.8 Å². The van der Waals surface area contributed by atoms with Crippen LogP contribution in [0.2, 0.25) is 0 Å². The first-order chi connectivity index (χ1) is 12.0. The summed E-state index contributed by atoms with van der Waals surface area (Å²) in [5.74, 6) is 0.653. The smallest absolute Gasteiger partial charge is 0.267 e. The normalized spacial score (nSPS) is 19.0. The van der Waals surface area contributed by atoms with Gasteiger partial charge in [-0.15, -0.1) is 0 Å². The van der Waals surface area contributed by atoms with E-state index in [1.165, 1.54) is 5.01 Å². The molecule has 2 aliphatic heterocycles. The summed E-state index contributed by atoms with van der Waals surface area (Å²) >= 11 is 0. The monoisotopic (exact) mass is 344 g/mol. The van der Waals surface area contributed by atoms with Gasteiger partial charge in [0.05, 0.1) is 0 Å². The molecule has 1 aromatic heterocycles. The van der Waals surface area contributed by atoms with Crippen molar-refractivity contribution in [3.8, 4) is 0 Å². The summed E-state index contributed by atoms with van der Waals surface area (Å²) in [7, 11) is 3.69. The maximum Gasteiger partial charge on any atom is 0.267 e. The fourth-order valence-electron chi connectivity index (χ4n) is 2.90. The third-order valence-electron chi connectivity index (χ3n) is 4.56. The number of rotatable bonds is 4. The van der Waals surface area contributed by atoms with E-state index >= 15 is 0 Å². The van der Waals surface area contributed by atoms with Gasteiger partial charge in [-0.2, -0.15) is 5.10 Å². The van der Waals surface area contributed by atoms with Crippen molar-refractivity contribution in [2.45, 2.75) is 19.4 Å². The summed E-state index contributed by atoms with van der Waals surface area (Å²) in [5.41, 5.74) is 1.40. The van der Waals surface area contributed by atoms with Crippen molar-refractivity contribution in [1.82, 2.24) is 20.2 Å². The van der Waals surface area contributed by atoms with E-state index in [1.807, 2.05) is 12.1 Å². The molecule has 3 rings (SSSR count). The van der Waals surface area contributed by atoms with Gasteiger partial charge in [0.1, 0.15) is 11.5 Å². The lowest BCUT2D eigenvalue weighted by Gasteiger charge is -2.33. The number of likely N-dealkylation sites (N-methyl/N-ethyl adjacent to an activating group) is 1. The number of aromatic nitrogens is 1. The molecule has 8 heteroatoms. The average Bonchev–Trinajstić information content (AvgIpc) is 2.63. The molecule has 0 spiro atoms. The van der Waals surface area contributed by atoms with Crippen LogP contribution in [0.25, 0.3) is 0 Å². The molecule has 0 atom stereocenters. The Morgan fingerprint density at radius 2 is 1.96 bits per heavy atom. The highest BCUT2D eigenvalue weighted by atomic mass is 16.2. The Hall–Kier alpha value is -2.48. The Kier molecular flexibility index (Phi) is 5.28. The van der Waals surface area contributed by atoms with Gasteiger partial charge in [0, 0.05) is 58.8 Å². The standard InChI is InChI=1S/C17H24N6O2/c1-21-7-9-23(10-8-21)15-11-13(5-6-18-15)12-19-17(25)14-3-4-16(24)22(2)20-14/h5-6,11H,3-4,7-10,12H2,1-2H3,(H,19,25). The van der Waals surface area contributed by atoms with Crippen LogP contribution in [0.3, 0.4) is 0 Å². The lowest BCUT2D eigenvalue weighted by Crippen LogP contribution is -2.44. The number of anilines is 1. The van der Waals surface area contributed by atoms with Crippen LogP contribution in [0.1, 0.15) is 18.4 Å². The molecule has 0 radical (unpaired) electrons. The van der Waals surface area contributed by atoms with Gasteiger partial charge in [-0.1, -0.05) is 0 Å². The van der Waals surface area contributed by atoms with Crippen LogP contribution in [0.4, 0.5) is 5.82 Å². The molecule has 0 saturated carbocycles. The third kappa shape index (κ3) is 4.33. The number of nitrogens with zero attached hydrogens (tertiary/aromatic N) is 5. The van der Waals surface area contributed by atoms with Crippen LogP contribution in [-0.2, 0) is 16.1 Å². The van der Waals surface area contributed by atoms with Gasteiger partial charge in [-0.25, -0.2) is 9.99 Å². The van der Waals surface area contributed by atoms with Gasteiger partial charge < -0.3 is 15.1 Å². The molecule has 134 valence electrons. The molecule has 1 N–H and O–H groups in total. The highest BCUT2D eigenvalue weighted by Crippen LogP contribution is 2.15. The van der Waals surface area contributed by atoms with Crippen LogP contribution in [0.15, 0.2) is 23.4 Å². The molecule has 2 aliphatic rings. The summed E-state index contributed by atoms with van der Waals surface area (Å²) in [6.45, 7) is 4.37. The lowest BCUT2D eigenvalue weighted by molar-refractivity contribution is -0.130. The zero-order chi connectivity index (χ0) is 17.8. The first-order valence-corrected chi connectivity index (χ1v) is 8.53. The number of piperazine rings is 1. The molecular weight excluding hydrogens is 320 g/mol. The molecule has 8 nitrogen and oxygen atoms in total. The number of carbonyl (C=O) groups excluding carboxylic acids is 2. The third-order valence-corrected chi connectivity index (χ3v) is 4.56. The topological polar surface area (TPSA) is 81.1 Å². The zero-order valence-electron chi connectivity index (χ0n) is 14.7. The predicted octanol–water partition coefficient (Wildman–Crippen LogP) is 0.0578. The molecule has 25 heavy (non-hydrogen) atoms. The molecule has 1 aromatic rings. The lowest BCUT2D eigenvalue weighted by atomic mass is 10.1. The number of carbonyl (C=O) groups is 2. The van der Waals surface area contributed by atoms with Crippen molar-refractivity contribution < 1.29 is 9.59 Å². The van der Waals surface area contributed by atoms with E-state index in [9.17, 15) is 9.59 Å². The van der Waals surface area contributed by atoms with Crippen LogP contribution in [-0.4, -0.2) is 72.7 Å². The van der Waals surface area contributed by atoms with E-state index in [2.05, 4.69) is 32.2 Å². The fraction of sp³-hybridized carbons (Fsp3) is 0.529. The Labute approximate surface area is 147 Å². The van der Waals surface area contributed by atoms with Crippen LogP contribution in [0, 0.1) is 0 Å². The minimum Gasteiger partial charge on any atom is -0.354 e.